The molecular weight excluding hydrogens is 375 g/mol. The summed E-state index contributed by atoms with van der Waals surface area (Å²) in [5.41, 5.74) is 1.64. The number of nitrogens with zero attached hydrogens (tertiary/aromatic N) is 3. The van der Waals surface area contributed by atoms with Crippen LogP contribution in [0.1, 0.15) is 25.6 Å². The number of benzene rings is 2. The van der Waals surface area contributed by atoms with Crippen LogP contribution in [0.25, 0.3) is 11.1 Å². The molecular formula is C21H23FN4O3. The van der Waals surface area contributed by atoms with Gasteiger partial charge in [-0.15, -0.1) is 10.2 Å². The second-order valence-corrected chi connectivity index (χ2v) is 6.89. The van der Waals surface area contributed by atoms with Crippen molar-refractivity contribution in [3.63, 3.8) is 0 Å². The van der Waals surface area contributed by atoms with Gasteiger partial charge in [-0.25, -0.2) is 9.18 Å². The summed E-state index contributed by atoms with van der Waals surface area (Å²) in [4.78, 5) is 13.6. The molecule has 0 spiro atoms. The fraction of sp³-hybridized carbons (Fsp3) is 0.286. The lowest BCUT2D eigenvalue weighted by Gasteiger charge is -2.16. The SMILES string of the molecule is Cc1nnc(CN(C)C(=O)Nc2ccc(-c3ccc(OC(C)C)cc3)cc2F)o1. The molecule has 0 saturated carbocycles. The van der Waals surface area contributed by atoms with Gasteiger partial charge in [-0.1, -0.05) is 18.2 Å². The van der Waals surface area contributed by atoms with Gasteiger partial charge in [0.1, 0.15) is 18.1 Å². The second-order valence-electron chi connectivity index (χ2n) is 6.89. The number of aromatic nitrogens is 2. The Balaban J connectivity index is 1.66. The molecule has 3 aromatic rings. The largest absolute Gasteiger partial charge is 0.491 e. The Labute approximate surface area is 168 Å². The van der Waals surface area contributed by atoms with Gasteiger partial charge in [0.05, 0.1) is 11.8 Å². The molecule has 1 heterocycles. The van der Waals surface area contributed by atoms with E-state index in [1.54, 1.807) is 20.0 Å². The quantitative estimate of drug-likeness (QED) is 0.654. The Hall–Kier alpha value is -3.42. The Bertz CT molecular complexity index is 986. The second kappa shape index (κ2) is 8.72. The van der Waals surface area contributed by atoms with Crippen molar-refractivity contribution in [2.75, 3.05) is 12.4 Å². The third kappa shape index (κ3) is 5.31. The van der Waals surface area contributed by atoms with E-state index < -0.39 is 11.8 Å². The lowest BCUT2D eigenvalue weighted by Crippen LogP contribution is -2.31. The van der Waals surface area contributed by atoms with Crippen molar-refractivity contribution in [1.29, 1.82) is 0 Å². The van der Waals surface area contributed by atoms with E-state index in [9.17, 15) is 9.18 Å². The number of carbonyl (C=O) groups excluding carboxylic acids is 1. The first-order valence-corrected chi connectivity index (χ1v) is 9.19. The van der Waals surface area contributed by atoms with E-state index in [-0.39, 0.29) is 18.3 Å². The topological polar surface area (TPSA) is 80.5 Å². The molecule has 2 aromatic carbocycles. The highest BCUT2D eigenvalue weighted by atomic mass is 19.1. The Kier molecular flexibility index (Phi) is 6.11. The first kappa shape index (κ1) is 20.3. The third-order valence-corrected chi connectivity index (χ3v) is 4.06. The van der Waals surface area contributed by atoms with Gasteiger partial charge in [0.25, 0.3) is 0 Å². The van der Waals surface area contributed by atoms with Crippen LogP contribution in [0, 0.1) is 12.7 Å². The van der Waals surface area contributed by atoms with Gasteiger partial charge in [0.15, 0.2) is 0 Å². The van der Waals surface area contributed by atoms with E-state index in [0.29, 0.717) is 17.3 Å². The standard InChI is InChI=1S/C21H23FN4O3/c1-13(2)28-17-8-5-15(6-9-17)16-7-10-19(18(22)11-16)23-21(27)26(4)12-20-25-24-14(3)29-20/h5-11,13H,12H2,1-4H3,(H,23,27). The summed E-state index contributed by atoms with van der Waals surface area (Å²) < 4.78 is 25.4. The number of amides is 2. The number of urea groups is 1. The first-order chi connectivity index (χ1) is 13.8. The number of rotatable bonds is 6. The predicted octanol–water partition coefficient (Wildman–Crippen LogP) is 4.64. The molecule has 0 fully saturated rings. The van der Waals surface area contributed by atoms with E-state index in [1.807, 2.05) is 38.1 Å². The summed E-state index contributed by atoms with van der Waals surface area (Å²) in [5.74, 6) is 0.952. The summed E-state index contributed by atoms with van der Waals surface area (Å²) >= 11 is 0. The molecule has 152 valence electrons. The molecule has 8 heteroatoms. The van der Waals surface area contributed by atoms with Crippen molar-refractivity contribution in [2.45, 2.75) is 33.4 Å². The maximum atomic E-state index is 14.5. The molecule has 2 amide bonds. The van der Waals surface area contributed by atoms with Gasteiger partial charge in [-0.2, -0.15) is 0 Å². The van der Waals surface area contributed by atoms with Crippen molar-refractivity contribution in [1.82, 2.24) is 15.1 Å². The molecule has 1 N–H and O–H groups in total. The van der Waals surface area contributed by atoms with Gasteiger partial charge in [-0.3, -0.25) is 0 Å². The summed E-state index contributed by atoms with van der Waals surface area (Å²) in [6.07, 6.45) is 0.0863. The minimum Gasteiger partial charge on any atom is -0.491 e. The van der Waals surface area contributed by atoms with Crippen molar-refractivity contribution >= 4 is 11.7 Å². The highest BCUT2D eigenvalue weighted by Crippen LogP contribution is 2.26. The van der Waals surface area contributed by atoms with Crippen LogP contribution in [0.3, 0.4) is 0 Å². The molecule has 0 atom stereocenters. The van der Waals surface area contributed by atoms with Crippen LogP contribution in [-0.2, 0) is 6.54 Å². The molecule has 0 saturated heterocycles. The van der Waals surface area contributed by atoms with Crippen LogP contribution in [0.5, 0.6) is 5.75 Å². The van der Waals surface area contributed by atoms with E-state index in [1.165, 1.54) is 17.0 Å². The minimum atomic E-state index is -0.527. The average Bonchev–Trinajstić information content (AvgIpc) is 3.08. The van der Waals surface area contributed by atoms with E-state index in [2.05, 4.69) is 15.5 Å². The molecule has 29 heavy (non-hydrogen) atoms. The molecule has 0 bridgehead atoms. The molecule has 1 aromatic heterocycles. The number of carbonyl (C=O) groups is 1. The van der Waals surface area contributed by atoms with E-state index in [4.69, 9.17) is 9.15 Å². The van der Waals surface area contributed by atoms with Gasteiger partial charge in [0, 0.05) is 14.0 Å². The van der Waals surface area contributed by atoms with E-state index >= 15 is 0 Å². The number of nitrogens with one attached hydrogen (secondary N) is 1. The van der Waals surface area contributed by atoms with Gasteiger partial charge in [0.2, 0.25) is 11.8 Å². The number of halogens is 1. The summed E-state index contributed by atoms with van der Waals surface area (Å²) in [5, 5.41) is 10.1. The van der Waals surface area contributed by atoms with Crippen LogP contribution in [0.2, 0.25) is 0 Å². The molecule has 7 nitrogen and oxygen atoms in total. The van der Waals surface area contributed by atoms with Gasteiger partial charge < -0.3 is 19.4 Å². The van der Waals surface area contributed by atoms with Gasteiger partial charge >= 0.3 is 6.03 Å². The minimum absolute atomic E-state index is 0.0863. The van der Waals surface area contributed by atoms with Crippen LogP contribution < -0.4 is 10.1 Å². The zero-order valence-corrected chi connectivity index (χ0v) is 16.8. The fourth-order valence-electron chi connectivity index (χ4n) is 2.68. The molecule has 0 aliphatic heterocycles. The predicted molar refractivity (Wildman–Crippen MR) is 107 cm³/mol. The normalized spacial score (nSPS) is 10.8. The monoisotopic (exact) mass is 398 g/mol. The molecule has 0 unspecified atom stereocenters. The maximum Gasteiger partial charge on any atom is 0.322 e. The first-order valence-electron chi connectivity index (χ1n) is 9.19. The van der Waals surface area contributed by atoms with Crippen LogP contribution in [0.4, 0.5) is 14.9 Å². The fourth-order valence-corrected chi connectivity index (χ4v) is 2.68. The summed E-state index contributed by atoms with van der Waals surface area (Å²) in [6.45, 7) is 5.70. The van der Waals surface area contributed by atoms with Crippen molar-refractivity contribution in [3.05, 3.63) is 60.1 Å². The lowest BCUT2D eigenvalue weighted by atomic mass is 10.0. The Morgan fingerprint density at radius 3 is 2.45 bits per heavy atom. The highest BCUT2D eigenvalue weighted by molar-refractivity contribution is 5.89. The van der Waals surface area contributed by atoms with Crippen molar-refractivity contribution in [3.8, 4) is 16.9 Å². The lowest BCUT2D eigenvalue weighted by molar-refractivity contribution is 0.215. The molecule has 0 aliphatic carbocycles. The smallest absolute Gasteiger partial charge is 0.322 e. The molecule has 3 rings (SSSR count). The van der Waals surface area contributed by atoms with Crippen molar-refractivity contribution in [2.24, 2.45) is 0 Å². The average molecular weight is 398 g/mol. The maximum absolute atomic E-state index is 14.5. The summed E-state index contributed by atoms with van der Waals surface area (Å²) in [6, 6.07) is 11.6. The third-order valence-electron chi connectivity index (χ3n) is 4.06. The summed E-state index contributed by atoms with van der Waals surface area (Å²) in [7, 11) is 1.56. The zero-order valence-electron chi connectivity index (χ0n) is 16.8. The number of anilines is 1. The molecule has 0 radical (unpaired) electrons. The number of hydrogen-bond acceptors (Lipinski definition) is 5. The van der Waals surface area contributed by atoms with Crippen LogP contribution in [-0.4, -0.2) is 34.3 Å². The number of aryl methyl sites for hydroxylation is 1. The van der Waals surface area contributed by atoms with Crippen LogP contribution in [0.15, 0.2) is 46.9 Å². The highest BCUT2D eigenvalue weighted by Gasteiger charge is 2.15. The number of ether oxygens (including phenoxy) is 1. The Morgan fingerprint density at radius 1 is 1.17 bits per heavy atom. The van der Waals surface area contributed by atoms with Gasteiger partial charge in [-0.05, 0) is 49.2 Å². The Morgan fingerprint density at radius 2 is 1.86 bits per heavy atom. The van der Waals surface area contributed by atoms with Crippen molar-refractivity contribution < 1.29 is 18.3 Å². The number of hydrogen-bond donors (Lipinski definition) is 1. The zero-order chi connectivity index (χ0) is 21.0. The van der Waals surface area contributed by atoms with E-state index in [0.717, 1.165) is 11.3 Å². The van der Waals surface area contributed by atoms with Crippen LogP contribution >= 0.6 is 0 Å². The molecule has 0 aliphatic rings.